The first-order chi connectivity index (χ1) is 19.1. The number of carbonyl (C=O) groups is 1. The second-order valence-corrected chi connectivity index (χ2v) is 11.4. The number of fused-ring (bicyclic) bond motifs is 1. The van der Waals surface area contributed by atoms with Crippen LogP contribution in [0.3, 0.4) is 0 Å². The first-order valence-electron chi connectivity index (χ1n) is 14.1. The third-order valence-electron chi connectivity index (χ3n) is 8.67. The van der Waals surface area contributed by atoms with E-state index in [4.69, 9.17) is 9.72 Å². The Hall–Kier alpha value is -3.84. The van der Waals surface area contributed by atoms with Crippen molar-refractivity contribution in [1.82, 2.24) is 20.3 Å². The lowest BCUT2D eigenvalue weighted by atomic mass is 9.96. The van der Waals surface area contributed by atoms with E-state index in [2.05, 4.69) is 44.9 Å². The van der Waals surface area contributed by atoms with E-state index in [9.17, 15) is 4.79 Å². The number of ether oxygens (including phenoxy) is 1. The summed E-state index contributed by atoms with van der Waals surface area (Å²) in [6.07, 6.45) is 9.76. The van der Waals surface area contributed by atoms with Crippen LogP contribution in [0.1, 0.15) is 43.2 Å². The third kappa shape index (κ3) is 4.76. The van der Waals surface area contributed by atoms with Crippen molar-refractivity contribution in [2.45, 2.75) is 51.5 Å². The van der Waals surface area contributed by atoms with E-state index in [-0.39, 0.29) is 5.92 Å². The molecule has 1 saturated heterocycles. The number of hydrogen-bond acceptors (Lipinski definition) is 7. The molecule has 4 aromatic rings. The average molecular weight is 520 g/mol. The van der Waals surface area contributed by atoms with Gasteiger partial charge in [0.1, 0.15) is 11.5 Å². The smallest absolute Gasteiger partial charge is 0.228 e. The van der Waals surface area contributed by atoms with Gasteiger partial charge in [0.2, 0.25) is 11.8 Å². The minimum absolute atomic E-state index is 0.270. The number of ketones is 1. The van der Waals surface area contributed by atoms with Crippen LogP contribution in [0.25, 0.3) is 22.0 Å². The largest absolute Gasteiger partial charge is 0.437 e. The molecule has 3 heterocycles. The molecule has 7 heteroatoms. The van der Waals surface area contributed by atoms with Gasteiger partial charge in [0.15, 0.2) is 0 Å². The van der Waals surface area contributed by atoms with Crippen molar-refractivity contribution >= 4 is 22.5 Å². The fraction of sp³-hybridized carbons (Fsp3) is 0.375. The minimum atomic E-state index is 0.270. The summed E-state index contributed by atoms with van der Waals surface area (Å²) in [4.78, 5) is 26.9. The predicted octanol–water partition coefficient (Wildman–Crippen LogP) is 5.87. The number of piperidine rings is 1. The first-order valence-corrected chi connectivity index (χ1v) is 14.1. The van der Waals surface area contributed by atoms with Crippen LogP contribution in [-0.4, -0.2) is 39.9 Å². The summed E-state index contributed by atoms with van der Waals surface area (Å²) in [6, 6.07) is 16.4. The standard InChI is InChI=1S/C32H33N5O2/c1-20-9-10-23-21(17-28(38)26-18-32(26)12-13-32)5-2-7-24(23)29(20)39-30-25(8-4-15-34-30)27-11-16-35-31(37-27)36-22-6-3-14-33-19-22/h2,4-5,7-11,15-16,22,26,33H,3,6,12-14,17-19H2,1H3,(H,35,36,37)/t22-,26+/m0/s1. The van der Waals surface area contributed by atoms with E-state index in [0.29, 0.717) is 35.5 Å². The first kappa shape index (κ1) is 24.2. The maximum absolute atomic E-state index is 13.0. The number of pyridine rings is 1. The molecule has 7 nitrogen and oxygen atoms in total. The van der Waals surface area contributed by atoms with Gasteiger partial charge >= 0.3 is 0 Å². The number of nitrogens with zero attached hydrogens (tertiary/aromatic N) is 3. The molecule has 2 N–H and O–H groups in total. The number of benzene rings is 2. The number of nitrogens with one attached hydrogen (secondary N) is 2. The Bertz CT molecular complexity index is 1560. The van der Waals surface area contributed by atoms with Crippen LogP contribution >= 0.6 is 0 Å². The average Bonchev–Trinajstić information content (AvgIpc) is 3.89. The summed E-state index contributed by atoms with van der Waals surface area (Å²) in [7, 11) is 0. The molecular formula is C32H33N5O2. The number of aryl methyl sites for hydroxylation is 1. The molecule has 2 aromatic heterocycles. The van der Waals surface area contributed by atoms with Crippen molar-refractivity contribution < 1.29 is 9.53 Å². The highest BCUT2D eigenvalue weighted by molar-refractivity contribution is 5.96. The topological polar surface area (TPSA) is 89.0 Å². The van der Waals surface area contributed by atoms with Gasteiger partial charge in [-0.25, -0.2) is 15.0 Å². The van der Waals surface area contributed by atoms with Crippen LogP contribution in [-0.2, 0) is 11.2 Å². The fourth-order valence-corrected chi connectivity index (χ4v) is 6.12. The Morgan fingerprint density at radius 1 is 1.08 bits per heavy atom. The third-order valence-corrected chi connectivity index (χ3v) is 8.67. The highest BCUT2D eigenvalue weighted by Gasteiger charge is 2.65. The van der Waals surface area contributed by atoms with Crippen LogP contribution in [0.15, 0.2) is 60.9 Å². The van der Waals surface area contributed by atoms with Crippen molar-refractivity contribution in [2.24, 2.45) is 11.3 Å². The fourth-order valence-electron chi connectivity index (χ4n) is 6.12. The number of hydrogen-bond donors (Lipinski definition) is 2. The number of carbonyl (C=O) groups excluding carboxylic acids is 1. The zero-order valence-electron chi connectivity index (χ0n) is 22.2. The Kier molecular flexibility index (Phi) is 6.04. The molecule has 1 aliphatic heterocycles. The predicted molar refractivity (Wildman–Crippen MR) is 152 cm³/mol. The molecule has 0 unspecified atom stereocenters. The highest BCUT2D eigenvalue weighted by Crippen LogP contribution is 2.71. The van der Waals surface area contributed by atoms with E-state index in [1.165, 1.54) is 12.8 Å². The van der Waals surface area contributed by atoms with Gasteiger partial charge in [-0.05, 0) is 85.7 Å². The lowest BCUT2D eigenvalue weighted by Gasteiger charge is -2.23. The Morgan fingerprint density at radius 2 is 2.00 bits per heavy atom. The Labute approximate surface area is 228 Å². The van der Waals surface area contributed by atoms with Gasteiger partial charge in [-0.2, -0.15) is 0 Å². The molecule has 1 spiro atoms. The van der Waals surface area contributed by atoms with E-state index in [1.807, 2.05) is 31.2 Å². The molecule has 3 fully saturated rings. The quantitative estimate of drug-likeness (QED) is 0.301. The van der Waals surface area contributed by atoms with Crippen molar-refractivity contribution in [1.29, 1.82) is 0 Å². The molecule has 0 radical (unpaired) electrons. The molecule has 2 saturated carbocycles. The van der Waals surface area contributed by atoms with Gasteiger partial charge < -0.3 is 15.4 Å². The van der Waals surface area contributed by atoms with E-state index in [0.717, 1.165) is 71.3 Å². The Morgan fingerprint density at radius 3 is 2.82 bits per heavy atom. The maximum atomic E-state index is 13.0. The van der Waals surface area contributed by atoms with Crippen LogP contribution in [0, 0.1) is 18.3 Å². The summed E-state index contributed by atoms with van der Waals surface area (Å²) in [5, 5.41) is 8.93. The van der Waals surface area contributed by atoms with Crippen molar-refractivity contribution in [2.75, 3.05) is 18.4 Å². The van der Waals surface area contributed by atoms with Crippen LogP contribution in [0.4, 0.5) is 5.95 Å². The Balaban J connectivity index is 1.18. The van der Waals surface area contributed by atoms with Crippen molar-refractivity contribution in [3.05, 3.63) is 72.1 Å². The second kappa shape index (κ2) is 9.72. The normalized spacial score (nSPS) is 21.1. The lowest BCUT2D eigenvalue weighted by Crippen LogP contribution is -2.38. The molecule has 39 heavy (non-hydrogen) atoms. The zero-order valence-corrected chi connectivity index (χ0v) is 22.2. The zero-order chi connectivity index (χ0) is 26.4. The number of rotatable bonds is 8. The molecule has 2 aliphatic carbocycles. The minimum Gasteiger partial charge on any atom is -0.437 e. The summed E-state index contributed by atoms with van der Waals surface area (Å²) in [5.41, 5.74) is 4.01. The van der Waals surface area contributed by atoms with E-state index < -0.39 is 0 Å². The highest BCUT2D eigenvalue weighted by atomic mass is 16.5. The van der Waals surface area contributed by atoms with Crippen molar-refractivity contribution in [3.8, 4) is 22.9 Å². The monoisotopic (exact) mass is 519 g/mol. The summed E-state index contributed by atoms with van der Waals surface area (Å²) < 4.78 is 6.57. The van der Waals surface area contributed by atoms with Crippen molar-refractivity contribution in [3.63, 3.8) is 0 Å². The number of anilines is 1. The van der Waals surface area contributed by atoms with Gasteiger partial charge in [-0.15, -0.1) is 0 Å². The molecule has 7 rings (SSSR count). The number of Topliss-reactive ketones (excluding diaryl/α,β-unsaturated/α-hetero) is 1. The van der Waals surface area contributed by atoms with Gasteiger partial charge in [0.05, 0.1) is 11.3 Å². The van der Waals surface area contributed by atoms with Crippen LogP contribution < -0.4 is 15.4 Å². The molecule has 0 bridgehead atoms. The van der Waals surface area contributed by atoms with Crippen LogP contribution in [0.2, 0.25) is 0 Å². The second-order valence-electron chi connectivity index (χ2n) is 11.4. The summed E-state index contributed by atoms with van der Waals surface area (Å²) in [6.45, 7) is 4.01. The van der Waals surface area contributed by atoms with Gasteiger partial charge in [0, 0.05) is 42.7 Å². The van der Waals surface area contributed by atoms with E-state index in [1.54, 1.807) is 12.4 Å². The number of aromatic nitrogens is 3. The summed E-state index contributed by atoms with van der Waals surface area (Å²) >= 11 is 0. The van der Waals surface area contributed by atoms with Gasteiger partial charge in [0.25, 0.3) is 0 Å². The lowest BCUT2D eigenvalue weighted by molar-refractivity contribution is -0.120. The van der Waals surface area contributed by atoms with Gasteiger partial charge in [-0.3, -0.25) is 4.79 Å². The molecule has 2 aromatic carbocycles. The molecule has 3 aliphatic rings. The molecule has 0 amide bonds. The summed E-state index contributed by atoms with van der Waals surface area (Å²) in [5.74, 6) is 2.51. The van der Waals surface area contributed by atoms with E-state index >= 15 is 0 Å². The SMILES string of the molecule is Cc1ccc2c(CC(=O)[C@H]3CC34CC4)cccc2c1Oc1ncccc1-c1ccnc(N[C@H]2CCCNC2)n1. The molecule has 198 valence electrons. The van der Waals surface area contributed by atoms with Gasteiger partial charge in [-0.1, -0.05) is 30.3 Å². The van der Waals surface area contributed by atoms with Crippen LogP contribution in [0.5, 0.6) is 11.6 Å². The molecule has 2 atom stereocenters. The maximum Gasteiger partial charge on any atom is 0.228 e. The molecular weight excluding hydrogens is 486 g/mol.